The summed E-state index contributed by atoms with van der Waals surface area (Å²) < 4.78 is 21.7. The minimum atomic E-state index is -1.42. The molecule has 3 atom stereocenters. The van der Waals surface area contributed by atoms with Crippen LogP contribution in [0, 0.1) is 0 Å². The lowest BCUT2D eigenvalue weighted by Gasteiger charge is -2.49. The van der Waals surface area contributed by atoms with E-state index in [1.54, 1.807) is 4.90 Å². The molecule has 192 valence electrons. The average Bonchev–Trinajstić information content (AvgIpc) is 2.79. The van der Waals surface area contributed by atoms with E-state index >= 15 is 0 Å². The van der Waals surface area contributed by atoms with Crippen LogP contribution in [-0.4, -0.2) is 55.7 Å². The first-order valence-corrected chi connectivity index (χ1v) is 13.4. The van der Waals surface area contributed by atoms with Gasteiger partial charge in [0.1, 0.15) is 15.9 Å². The van der Waals surface area contributed by atoms with Gasteiger partial charge in [-0.2, -0.15) is 0 Å². The Morgan fingerprint density at radius 2 is 1.77 bits per heavy atom. The van der Waals surface area contributed by atoms with E-state index in [2.05, 4.69) is 29.0 Å². The van der Waals surface area contributed by atoms with Gasteiger partial charge in [-0.15, -0.1) is 4.72 Å². The Kier molecular flexibility index (Phi) is 8.58. The number of hydrogen-bond donors (Lipinski definition) is 2. The molecule has 3 rings (SSSR count). The fraction of sp³-hybridized carbons (Fsp3) is 0.536. The quantitative estimate of drug-likeness (QED) is 0.541. The second kappa shape index (κ2) is 10.9. The highest BCUT2D eigenvalue weighted by Crippen LogP contribution is 2.34. The van der Waals surface area contributed by atoms with E-state index in [4.69, 9.17) is 4.74 Å². The first-order chi connectivity index (χ1) is 16.3. The molecule has 0 aliphatic carbocycles. The molecule has 7 heteroatoms. The smallest absolute Gasteiger partial charge is 0.410 e. The van der Waals surface area contributed by atoms with Gasteiger partial charge in [-0.1, -0.05) is 54.6 Å². The molecule has 1 heterocycles. The maximum Gasteiger partial charge on any atom is 0.410 e. The zero-order valence-corrected chi connectivity index (χ0v) is 22.7. The number of benzene rings is 2. The Hall–Kier alpha value is -2.06. The highest BCUT2D eigenvalue weighted by molar-refractivity contribution is 7.90. The third-order valence-corrected chi connectivity index (χ3v) is 7.97. The molecule has 1 amide bonds. The molecule has 1 saturated heterocycles. The Balaban J connectivity index is 2.00. The van der Waals surface area contributed by atoms with Gasteiger partial charge in [0, 0.05) is 17.9 Å². The van der Waals surface area contributed by atoms with Crippen molar-refractivity contribution in [2.24, 2.45) is 0 Å². The fourth-order valence-electron chi connectivity index (χ4n) is 4.44. The lowest BCUT2D eigenvalue weighted by atomic mass is 9.79. The van der Waals surface area contributed by atoms with Crippen LogP contribution in [0.4, 0.5) is 4.79 Å². The van der Waals surface area contributed by atoms with Gasteiger partial charge in [-0.25, -0.2) is 4.79 Å². The van der Waals surface area contributed by atoms with E-state index in [1.165, 1.54) is 0 Å². The Morgan fingerprint density at radius 3 is 2.37 bits per heavy atom. The third kappa shape index (κ3) is 7.00. The van der Waals surface area contributed by atoms with Crippen LogP contribution < -0.4 is 4.72 Å². The van der Waals surface area contributed by atoms with Gasteiger partial charge in [0.25, 0.3) is 0 Å². The number of amides is 1. The molecule has 1 aliphatic rings. The summed E-state index contributed by atoms with van der Waals surface area (Å²) in [4.78, 5) is 15.0. The van der Waals surface area contributed by atoms with Crippen LogP contribution in [0.5, 0.6) is 0 Å². The van der Waals surface area contributed by atoms with Crippen molar-refractivity contribution in [2.45, 2.75) is 82.7 Å². The Morgan fingerprint density at radius 1 is 1.11 bits per heavy atom. The number of carbonyl (C=O) groups is 1. The largest absolute Gasteiger partial charge is 0.598 e. The van der Waals surface area contributed by atoms with Gasteiger partial charge >= 0.3 is 6.09 Å². The molecule has 2 aromatic carbocycles. The molecule has 0 radical (unpaired) electrons. The lowest BCUT2D eigenvalue weighted by Crippen LogP contribution is -2.70. The number of nitrogens with zero attached hydrogens (tertiary/aromatic N) is 1. The summed E-state index contributed by atoms with van der Waals surface area (Å²) >= 11 is -1.42. The molecule has 2 aromatic rings. The first-order valence-electron chi connectivity index (χ1n) is 12.3. The van der Waals surface area contributed by atoms with Crippen molar-refractivity contribution in [1.82, 2.24) is 9.62 Å². The fourth-order valence-corrected chi connectivity index (χ4v) is 5.41. The average molecular weight is 501 g/mol. The molecular weight excluding hydrogens is 460 g/mol. The van der Waals surface area contributed by atoms with Crippen LogP contribution in [0.15, 0.2) is 54.6 Å². The summed E-state index contributed by atoms with van der Waals surface area (Å²) in [6.07, 6.45) is 1.36. The molecule has 0 unspecified atom stereocenters. The van der Waals surface area contributed by atoms with Crippen LogP contribution >= 0.6 is 0 Å². The number of nitrogens with one attached hydrogen (secondary N) is 1. The second-order valence-corrected chi connectivity index (χ2v) is 13.3. The minimum absolute atomic E-state index is 0.239. The summed E-state index contributed by atoms with van der Waals surface area (Å²) in [6, 6.07) is 18.0. The van der Waals surface area contributed by atoms with Crippen molar-refractivity contribution in [3.05, 3.63) is 60.2 Å². The molecular formula is C28H40N2O4S. The normalized spacial score (nSPS) is 22.1. The molecule has 0 aromatic heterocycles. The van der Waals surface area contributed by atoms with Gasteiger partial charge in [0.2, 0.25) is 0 Å². The van der Waals surface area contributed by atoms with Gasteiger partial charge < -0.3 is 19.3 Å². The second-order valence-electron chi connectivity index (χ2n) is 11.4. The summed E-state index contributed by atoms with van der Waals surface area (Å²) in [5.41, 5.74) is 1.67. The molecule has 1 aliphatic heterocycles. The van der Waals surface area contributed by atoms with Crippen LogP contribution in [-0.2, 0) is 22.5 Å². The highest BCUT2D eigenvalue weighted by atomic mass is 32.2. The molecule has 1 fully saturated rings. The number of hydrogen-bond acceptors (Lipinski definition) is 5. The zero-order valence-electron chi connectivity index (χ0n) is 21.8. The standard InChI is InChI=1S/C28H40N2O4S/c1-26(2,3)34-25(32)30-17-11-16-28(20-31,29-35(33)27(4,5)6)24(30)19-21-12-10-15-23(18-21)22-13-8-7-9-14-22/h7-10,12-15,18,24,29,31H,11,16-17,19-20H2,1-6H3/t24-,28+,35+/m0/s1. The molecule has 35 heavy (non-hydrogen) atoms. The van der Waals surface area contributed by atoms with Crippen LogP contribution in [0.2, 0.25) is 0 Å². The van der Waals surface area contributed by atoms with Crippen molar-refractivity contribution in [3.8, 4) is 11.1 Å². The van der Waals surface area contributed by atoms with Crippen molar-refractivity contribution in [1.29, 1.82) is 0 Å². The third-order valence-electron chi connectivity index (χ3n) is 6.26. The van der Waals surface area contributed by atoms with Crippen LogP contribution in [0.3, 0.4) is 0 Å². The predicted molar refractivity (Wildman–Crippen MR) is 142 cm³/mol. The molecule has 6 nitrogen and oxygen atoms in total. The van der Waals surface area contributed by atoms with Gasteiger partial charge in [-0.05, 0) is 77.5 Å². The SMILES string of the molecule is CC(C)(C)OC(=O)N1CCC[C@](CO)(N[S@+]([O-])C(C)(C)C)[C@@H]1Cc1cccc(-c2ccccc2)c1. The summed E-state index contributed by atoms with van der Waals surface area (Å²) in [6.45, 7) is 11.5. The Labute approximate surface area is 213 Å². The summed E-state index contributed by atoms with van der Waals surface area (Å²) in [5, 5.41) is 10.7. The van der Waals surface area contributed by atoms with E-state index in [0.29, 0.717) is 25.8 Å². The van der Waals surface area contributed by atoms with Crippen molar-refractivity contribution in [2.75, 3.05) is 13.2 Å². The van der Waals surface area contributed by atoms with Crippen LogP contribution in [0.25, 0.3) is 11.1 Å². The van der Waals surface area contributed by atoms with Crippen LogP contribution in [0.1, 0.15) is 59.9 Å². The maximum atomic E-state index is 13.3. The minimum Gasteiger partial charge on any atom is -0.598 e. The Bertz CT molecular complexity index is 986. The molecule has 0 saturated carbocycles. The number of carbonyl (C=O) groups excluding carboxylic acids is 1. The van der Waals surface area contributed by atoms with Gasteiger partial charge in [-0.3, -0.25) is 0 Å². The van der Waals surface area contributed by atoms with Crippen molar-refractivity contribution in [3.63, 3.8) is 0 Å². The topological polar surface area (TPSA) is 84.9 Å². The molecule has 2 N–H and O–H groups in total. The predicted octanol–water partition coefficient (Wildman–Crippen LogP) is 5.08. The molecule has 0 spiro atoms. The van der Waals surface area contributed by atoms with Gasteiger partial charge in [0.15, 0.2) is 0 Å². The monoisotopic (exact) mass is 500 g/mol. The van der Waals surface area contributed by atoms with Crippen molar-refractivity contribution < 1.29 is 19.2 Å². The highest BCUT2D eigenvalue weighted by Gasteiger charge is 2.51. The summed E-state index contributed by atoms with van der Waals surface area (Å²) in [7, 11) is 0. The molecule has 0 bridgehead atoms. The summed E-state index contributed by atoms with van der Waals surface area (Å²) in [5.74, 6) is 0. The zero-order chi connectivity index (χ0) is 25.9. The van der Waals surface area contributed by atoms with Gasteiger partial charge in [0.05, 0.1) is 12.6 Å². The van der Waals surface area contributed by atoms with E-state index in [0.717, 1.165) is 16.7 Å². The van der Waals surface area contributed by atoms with E-state index in [1.807, 2.05) is 71.9 Å². The van der Waals surface area contributed by atoms with E-state index in [9.17, 15) is 14.5 Å². The van der Waals surface area contributed by atoms with E-state index in [-0.39, 0.29) is 6.61 Å². The first kappa shape index (κ1) is 27.5. The number of ether oxygens (including phenoxy) is 1. The number of aliphatic hydroxyl groups excluding tert-OH is 1. The van der Waals surface area contributed by atoms with E-state index < -0.39 is 39.4 Å². The number of rotatable bonds is 6. The number of piperidine rings is 1. The number of likely N-dealkylation sites (tertiary alicyclic amines) is 1. The number of aliphatic hydroxyl groups is 1. The maximum absolute atomic E-state index is 13.3. The lowest BCUT2D eigenvalue weighted by molar-refractivity contribution is -0.0179. The van der Waals surface area contributed by atoms with Crippen molar-refractivity contribution >= 4 is 17.5 Å².